The number of carbonyl (C=O) groups excluding carboxylic acids is 2. The van der Waals surface area contributed by atoms with Crippen LogP contribution in [0.2, 0.25) is 0 Å². The summed E-state index contributed by atoms with van der Waals surface area (Å²) in [4.78, 5) is 33.6. The molecular weight excluding hydrogens is 356 g/mol. The first-order valence-electron chi connectivity index (χ1n) is 10.4. The number of hydrogen-bond acceptors (Lipinski definition) is 5. The molecule has 1 aromatic carbocycles. The third kappa shape index (κ3) is 4.15. The lowest BCUT2D eigenvalue weighted by Crippen LogP contribution is -2.56. The van der Waals surface area contributed by atoms with E-state index in [1.54, 1.807) is 4.90 Å². The molecule has 0 saturated carbocycles. The number of fused-ring (bicyclic) bond motifs is 1. The van der Waals surface area contributed by atoms with Gasteiger partial charge in [-0.05, 0) is 38.1 Å². The van der Waals surface area contributed by atoms with Gasteiger partial charge in [0.15, 0.2) is 6.10 Å². The minimum absolute atomic E-state index is 0.0139. The average molecular weight is 386 g/mol. The SMILES string of the molecule is CC(=O)N1C[C@H](C(=O)N2CCN(CCN3CCCC3)CC2)Oc2ccccc21. The third-order valence-corrected chi connectivity index (χ3v) is 6.04. The number of likely N-dealkylation sites (tertiary alicyclic amines) is 1. The standard InChI is InChI=1S/C21H30N4O3/c1-17(26)25-16-20(28-19-7-3-2-6-18(19)25)21(27)24-14-12-23(13-15-24)11-10-22-8-4-5-9-22/h2-3,6-7,20H,4-5,8-16H2,1H3/t20-/m1/s1. The van der Waals surface area contributed by atoms with E-state index in [4.69, 9.17) is 4.74 Å². The molecule has 4 rings (SSSR count). The van der Waals surface area contributed by atoms with Gasteiger partial charge in [0, 0.05) is 46.2 Å². The molecule has 0 aliphatic carbocycles. The van der Waals surface area contributed by atoms with Crippen molar-refractivity contribution in [2.75, 3.05) is 63.8 Å². The molecule has 3 aliphatic rings. The van der Waals surface area contributed by atoms with Gasteiger partial charge in [-0.15, -0.1) is 0 Å². The summed E-state index contributed by atoms with van der Waals surface area (Å²) in [5, 5.41) is 0. The Balaban J connectivity index is 1.32. The van der Waals surface area contributed by atoms with Crippen LogP contribution in [0.25, 0.3) is 0 Å². The molecular formula is C21H30N4O3. The zero-order valence-corrected chi connectivity index (χ0v) is 16.7. The monoisotopic (exact) mass is 386 g/mol. The normalized spacial score (nSPS) is 23.4. The molecule has 7 heteroatoms. The molecule has 0 aromatic heterocycles. The first-order valence-corrected chi connectivity index (χ1v) is 10.4. The van der Waals surface area contributed by atoms with Gasteiger partial charge in [-0.1, -0.05) is 12.1 Å². The van der Waals surface area contributed by atoms with Crippen LogP contribution < -0.4 is 9.64 Å². The van der Waals surface area contributed by atoms with Crippen LogP contribution in [0.1, 0.15) is 19.8 Å². The molecule has 1 atom stereocenters. The molecule has 28 heavy (non-hydrogen) atoms. The Morgan fingerprint density at radius 3 is 2.29 bits per heavy atom. The Labute approximate surface area is 166 Å². The van der Waals surface area contributed by atoms with Crippen molar-refractivity contribution in [3.05, 3.63) is 24.3 Å². The predicted octanol–water partition coefficient (Wildman–Crippen LogP) is 1.04. The highest BCUT2D eigenvalue weighted by atomic mass is 16.5. The smallest absolute Gasteiger partial charge is 0.265 e. The fourth-order valence-corrected chi connectivity index (χ4v) is 4.35. The van der Waals surface area contributed by atoms with Crippen molar-refractivity contribution >= 4 is 17.5 Å². The average Bonchev–Trinajstić information content (AvgIpc) is 3.25. The highest BCUT2D eigenvalue weighted by molar-refractivity contribution is 5.95. The molecule has 0 spiro atoms. The van der Waals surface area contributed by atoms with E-state index in [1.165, 1.54) is 32.9 Å². The summed E-state index contributed by atoms with van der Waals surface area (Å²) in [6.07, 6.45) is 2.02. The van der Waals surface area contributed by atoms with Crippen LogP contribution in [-0.4, -0.2) is 91.5 Å². The van der Waals surface area contributed by atoms with Gasteiger partial charge >= 0.3 is 0 Å². The Morgan fingerprint density at radius 2 is 1.61 bits per heavy atom. The van der Waals surface area contributed by atoms with Gasteiger partial charge in [0.2, 0.25) is 5.91 Å². The molecule has 3 aliphatic heterocycles. The van der Waals surface area contributed by atoms with E-state index in [2.05, 4.69) is 9.80 Å². The summed E-state index contributed by atoms with van der Waals surface area (Å²) >= 11 is 0. The van der Waals surface area contributed by atoms with E-state index in [1.807, 2.05) is 29.2 Å². The van der Waals surface area contributed by atoms with Crippen molar-refractivity contribution in [3.63, 3.8) is 0 Å². The maximum atomic E-state index is 13.0. The fraction of sp³-hybridized carbons (Fsp3) is 0.619. The van der Waals surface area contributed by atoms with E-state index in [0.717, 1.165) is 45.0 Å². The van der Waals surface area contributed by atoms with E-state index in [9.17, 15) is 9.59 Å². The Hall–Kier alpha value is -2.12. The number of anilines is 1. The zero-order chi connectivity index (χ0) is 19.5. The number of carbonyl (C=O) groups is 2. The van der Waals surface area contributed by atoms with Crippen LogP contribution in [0.4, 0.5) is 5.69 Å². The lowest BCUT2D eigenvalue weighted by Gasteiger charge is -2.39. The lowest BCUT2D eigenvalue weighted by molar-refractivity contribution is -0.140. The summed E-state index contributed by atoms with van der Waals surface area (Å²) in [5.41, 5.74) is 0.741. The highest BCUT2D eigenvalue weighted by Crippen LogP contribution is 2.33. The molecule has 2 amide bonds. The van der Waals surface area contributed by atoms with Crippen molar-refractivity contribution in [1.82, 2.24) is 14.7 Å². The molecule has 0 unspecified atom stereocenters. The maximum absolute atomic E-state index is 13.0. The second kappa shape index (κ2) is 8.49. The number of hydrogen-bond donors (Lipinski definition) is 0. The second-order valence-corrected chi connectivity index (χ2v) is 7.92. The molecule has 0 radical (unpaired) electrons. The molecule has 0 bridgehead atoms. The zero-order valence-electron chi connectivity index (χ0n) is 16.7. The predicted molar refractivity (Wildman–Crippen MR) is 108 cm³/mol. The topological polar surface area (TPSA) is 56.3 Å². The van der Waals surface area contributed by atoms with Gasteiger partial charge in [0.05, 0.1) is 12.2 Å². The van der Waals surface area contributed by atoms with E-state index in [-0.39, 0.29) is 18.4 Å². The quantitative estimate of drug-likeness (QED) is 0.774. The van der Waals surface area contributed by atoms with Crippen molar-refractivity contribution < 1.29 is 14.3 Å². The van der Waals surface area contributed by atoms with Crippen LogP contribution in [-0.2, 0) is 9.59 Å². The lowest BCUT2D eigenvalue weighted by atomic mass is 10.1. The van der Waals surface area contributed by atoms with E-state index < -0.39 is 6.10 Å². The molecule has 2 fully saturated rings. The number of ether oxygens (including phenoxy) is 1. The molecule has 152 valence electrons. The Bertz CT molecular complexity index is 711. The number of amides is 2. The number of rotatable bonds is 4. The minimum Gasteiger partial charge on any atom is -0.476 e. The van der Waals surface area contributed by atoms with Crippen LogP contribution >= 0.6 is 0 Å². The first kappa shape index (κ1) is 19.2. The highest BCUT2D eigenvalue weighted by Gasteiger charge is 2.35. The summed E-state index contributed by atoms with van der Waals surface area (Å²) in [7, 11) is 0. The van der Waals surface area contributed by atoms with Gasteiger partial charge in [0.1, 0.15) is 5.75 Å². The minimum atomic E-state index is -0.630. The van der Waals surface area contributed by atoms with Crippen LogP contribution in [0, 0.1) is 0 Å². The van der Waals surface area contributed by atoms with E-state index in [0.29, 0.717) is 5.75 Å². The molecule has 0 N–H and O–H groups in total. The molecule has 7 nitrogen and oxygen atoms in total. The maximum Gasteiger partial charge on any atom is 0.265 e. The van der Waals surface area contributed by atoms with Crippen molar-refractivity contribution in [3.8, 4) is 5.75 Å². The van der Waals surface area contributed by atoms with Gasteiger partial charge in [0.25, 0.3) is 5.91 Å². The first-order chi connectivity index (χ1) is 13.6. The Kier molecular flexibility index (Phi) is 5.82. The van der Waals surface area contributed by atoms with Gasteiger partial charge in [-0.2, -0.15) is 0 Å². The summed E-state index contributed by atoms with van der Waals surface area (Å²) < 4.78 is 5.96. The van der Waals surface area contributed by atoms with Gasteiger partial charge in [-0.3, -0.25) is 14.5 Å². The number of piperazine rings is 1. The molecule has 3 heterocycles. The summed E-state index contributed by atoms with van der Waals surface area (Å²) in [5.74, 6) is 0.520. The number of nitrogens with zero attached hydrogens (tertiary/aromatic N) is 4. The third-order valence-electron chi connectivity index (χ3n) is 6.04. The molecule has 1 aromatic rings. The molecule has 2 saturated heterocycles. The van der Waals surface area contributed by atoms with Crippen molar-refractivity contribution in [1.29, 1.82) is 0 Å². The van der Waals surface area contributed by atoms with Crippen LogP contribution in [0.5, 0.6) is 5.75 Å². The fourth-order valence-electron chi connectivity index (χ4n) is 4.35. The van der Waals surface area contributed by atoms with Gasteiger partial charge < -0.3 is 19.4 Å². The summed E-state index contributed by atoms with van der Waals surface area (Å²) in [6.45, 7) is 9.72. The van der Waals surface area contributed by atoms with Crippen LogP contribution in [0.3, 0.4) is 0 Å². The van der Waals surface area contributed by atoms with Crippen LogP contribution in [0.15, 0.2) is 24.3 Å². The second-order valence-electron chi connectivity index (χ2n) is 7.92. The number of para-hydroxylation sites is 2. The van der Waals surface area contributed by atoms with Gasteiger partial charge in [-0.25, -0.2) is 0 Å². The summed E-state index contributed by atoms with van der Waals surface area (Å²) in [6, 6.07) is 7.42. The Morgan fingerprint density at radius 1 is 0.964 bits per heavy atom. The van der Waals surface area contributed by atoms with Crippen molar-refractivity contribution in [2.45, 2.75) is 25.9 Å². The van der Waals surface area contributed by atoms with Crippen molar-refractivity contribution in [2.24, 2.45) is 0 Å². The van der Waals surface area contributed by atoms with E-state index >= 15 is 0 Å². The number of benzene rings is 1. The largest absolute Gasteiger partial charge is 0.476 e.